The molecule has 0 aliphatic heterocycles. The molecule has 0 radical (unpaired) electrons. The number of aliphatic hydroxyl groups is 1. The second-order valence-electron chi connectivity index (χ2n) is 4.10. The van der Waals surface area contributed by atoms with Crippen molar-refractivity contribution in [3.05, 3.63) is 0 Å². The highest BCUT2D eigenvalue weighted by Gasteiger charge is 2.30. The summed E-state index contributed by atoms with van der Waals surface area (Å²) in [6, 6.07) is 0. The van der Waals surface area contributed by atoms with E-state index in [1.807, 2.05) is 0 Å². The first kappa shape index (κ1) is 11.0. The molecule has 1 atom stereocenters. The summed E-state index contributed by atoms with van der Waals surface area (Å²) in [6.07, 6.45) is 4.34. The van der Waals surface area contributed by atoms with Gasteiger partial charge in [-0.1, -0.05) is 33.6 Å². The van der Waals surface area contributed by atoms with Crippen molar-refractivity contribution >= 4 is 0 Å². The Hall–Kier alpha value is -0.0400. The lowest BCUT2D eigenvalue weighted by Crippen LogP contribution is -2.13. The van der Waals surface area contributed by atoms with Crippen LogP contribution in [0.3, 0.4) is 0 Å². The molecule has 1 nitrogen and oxygen atoms in total. The Bertz CT molecular complexity index is 97.0. The van der Waals surface area contributed by atoms with E-state index in [9.17, 15) is 0 Å². The topological polar surface area (TPSA) is 20.2 Å². The van der Waals surface area contributed by atoms with Crippen LogP contribution in [0.2, 0.25) is 0 Å². The fourth-order valence-corrected chi connectivity index (χ4v) is 1.50. The lowest BCUT2D eigenvalue weighted by molar-refractivity contribution is 0.281. The van der Waals surface area contributed by atoms with Crippen LogP contribution in [0.4, 0.5) is 0 Å². The third-order valence-corrected chi connectivity index (χ3v) is 2.79. The van der Waals surface area contributed by atoms with Crippen molar-refractivity contribution in [3.63, 3.8) is 0 Å². The molecule has 1 fully saturated rings. The van der Waals surface area contributed by atoms with Gasteiger partial charge in [-0.2, -0.15) is 0 Å². The van der Waals surface area contributed by atoms with Crippen LogP contribution in [0.5, 0.6) is 0 Å². The van der Waals surface area contributed by atoms with Gasteiger partial charge >= 0.3 is 0 Å². The van der Waals surface area contributed by atoms with Gasteiger partial charge in [-0.3, -0.25) is 0 Å². The molecule has 1 unspecified atom stereocenters. The Balaban J connectivity index is 0.000000292. The molecule has 11 heavy (non-hydrogen) atoms. The summed E-state index contributed by atoms with van der Waals surface area (Å²) in [6.45, 7) is 9.06. The molecular formula is C10H22O. The number of hydrogen-bond acceptors (Lipinski definition) is 1. The molecule has 0 aromatic rings. The summed E-state index contributed by atoms with van der Waals surface area (Å²) in [5.41, 5.74) is 0.653. The van der Waals surface area contributed by atoms with E-state index in [0.29, 0.717) is 5.41 Å². The maximum Gasteiger partial charge on any atom is 0.0402 e. The van der Waals surface area contributed by atoms with Crippen LogP contribution in [0.15, 0.2) is 0 Å². The highest BCUT2D eigenvalue weighted by Crippen LogP contribution is 2.41. The highest BCUT2D eigenvalue weighted by atomic mass is 16.2. The van der Waals surface area contributed by atoms with Crippen molar-refractivity contribution in [2.45, 2.75) is 47.0 Å². The predicted octanol–water partition coefficient (Wildman–Crippen LogP) is 2.83. The van der Waals surface area contributed by atoms with E-state index in [1.165, 1.54) is 19.3 Å². The molecule has 0 spiro atoms. The van der Waals surface area contributed by atoms with Gasteiger partial charge in [-0.25, -0.2) is 0 Å². The molecule has 0 heterocycles. The molecule has 1 rings (SSSR count). The molecular weight excluding hydrogens is 136 g/mol. The molecule has 0 bridgehead atoms. The van der Waals surface area contributed by atoms with E-state index in [1.54, 1.807) is 6.92 Å². The minimum Gasteiger partial charge on any atom is -0.397 e. The van der Waals surface area contributed by atoms with E-state index in [4.69, 9.17) is 5.11 Å². The fourth-order valence-electron chi connectivity index (χ4n) is 1.50. The standard InChI is InChI=1S/C8H16.C2H6O/c1-7-5-4-6-8(7,2)3;1-2-3/h7H,4-6H2,1-3H3;3H,2H2,1H3. The lowest BCUT2D eigenvalue weighted by Gasteiger charge is -2.22. The largest absolute Gasteiger partial charge is 0.397 e. The second kappa shape index (κ2) is 4.76. The van der Waals surface area contributed by atoms with E-state index in [2.05, 4.69) is 20.8 Å². The Morgan fingerprint density at radius 2 is 1.91 bits per heavy atom. The summed E-state index contributed by atoms with van der Waals surface area (Å²) in [7, 11) is 0. The number of hydrogen-bond donors (Lipinski definition) is 1. The Kier molecular flexibility index (Phi) is 4.74. The van der Waals surface area contributed by atoms with E-state index < -0.39 is 0 Å². The lowest BCUT2D eigenvalue weighted by atomic mass is 9.83. The van der Waals surface area contributed by atoms with Crippen LogP contribution in [-0.2, 0) is 0 Å². The van der Waals surface area contributed by atoms with Crippen LogP contribution in [-0.4, -0.2) is 11.7 Å². The van der Waals surface area contributed by atoms with Crippen LogP contribution >= 0.6 is 0 Å². The summed E-state index contributed by atoms with van der Waals surface area (Å²) in [5, 5.41) is 7.57. The quantitative estimate of drug-likeness (QED) is 0.574. The maximum absolute atomic E-state index is 7.57. The van der Waals surface area contributed by atoms with Gasteiger partial charge in [-0.05, 0) is 24.7 Å². The average Bonchev–Trinajstić information content (AvgIpc) is 2.14. The van der Waals surface area contributed by atoms with Crippen molar-refractivity contribution in [1.29, 1.82) is 0 Å². The van der Waals surface area contributed by atoms with E-state index in [0.717, 1.165) is 5.92 Å². The molecule has 0 amide bonds. The average molecular weight is 158 g/mol. The molecule has 1 heteroatoms. The van der Waals surface area contributed by atoms with E-state index >= 15 is 0 Å². The zero-order valence-corrected chi connectivity index (χ0v) is 8.35. The third-order valence-electron chi connectivity index (χ3n) is 2.79. The van der Waals surface area contributed by atoms with Gasteiger partial charge < -0.3 is 5.11 Å². The van der Waals surface area contributed by atoms with Gasteiger partial charge in [0.05, 0.1) is 0 Å². The minimum absolute atomic E-state index is 0.250. The Morgan fingerprint density at radius 1 is 1.45 bits per heavy atom. The molecule has 1 N–H and O–H groups in total. The first-order chi connectivity index (χ1) is 5.04. The van der Waals surface area contributed by atoms with Gasteiger partial charge in [0.15, 0.2) is 0 Å². The first-order valence-corrected chi connectivity index (χ1v) is 4.65. The molecule has 1 aliphatic rings. The minimum atomic E-state index is 0.250. The van der Waals surface area contributed by atoms with Crippen molar-refractivity contribution in [2.24, 2.45) is 11.3 Å². The van der Waals surface area contributed by atoms with Gasteiger partial charge in [-0.15, -0.1) is 0 Å². The second-order valence-corrected chi connectivity index (χ2v) is 4.10. The van der Waals surface area contributed by atoms with Gasteiger partial charge in [0.25, 0.3) is 0 Å². The maximum atomic E-state index is 7.57. The Morgan fingerprint density at radius 3 is 2.00 bits per heavy atom. The van der Waals surface area contributed by atoms with Crippen LogP contribution in [0, 0.1) is 11.3 Å². The summed E-state index contributed by atoms with van der Waals surface area (Å²) >= 11 is 0. The Labute approximate surface area is 70.8 Å². The monoisotopic (exact) mass is 158 g/mol. The summed E-state index contributed by atoms with van der Waals surface area (Å²) in [5.74, 6) is 0.961. The van der Waals surface area contributed by atoms with Gasteiger partial charge in [0.2, 0.25) is 0 Å². The van der Waals surface area contributed by atoms with Gasteiger partial charge in [0.1, 0.15) is 0 Å². The predicted molar refractivity (Wildman–Crippen MR) is 49.6 cm³/mol. The molecule has 0 saturated heterocycles. The summed E-state index contributed by atoms with van der Waals surface area (Å²) < 4.78 is 0. The normalized spacial score (nSPS) is 27.5. The summed E-state index contributed by atoms with van der Waals surface area (Å²) in [4.78, 5) is 0. The SMILES string of the molecule is CC1CCCC1(C)C.CCO. The molecule has 0 aromatic heterocycles. The molecule has 1 saturated carbocycles. The smallest absolute Gasteiger partial charge is 0.0402 e. The molecule has 68 valence electrons. The van der Waals surface area contributed by atoms with E-state index in [-0.39, 0.29) is 6.61 Å². The van der Waals surface area contributed by atoms with Crippen LogP contribution in [0.1, 0.15) is 47.0 Å². The highest BCUT2D eigenvalue weighted by molar-refractivity contribution is 4.81. The van der Waals surface area contributed by atoms with Gasteiger partial charge in [0, 0.05) is 6.61 Å². The first-order valence-electron chi connectivity index (χ1n) is 4.65. The number of rotatable bonds is 0. The zero-order chi connectivity index (χ0) is 8.91. The van der Waals surface area contributed by atoms with Crippen molar-refractivity contribution < 1.29 is 5.11 Å². The molecule has 0 aromatic carbocycles. The molecule has 1 aliphatic carbocycles. The van der Waals surface area contributed by atoms with Crippen molar-refractivity contribution in [2.75, 3.05) is 6.61 Å². The number of aliphatic hydroxyl groups excluding tert-OH is 1. The van der Waals surface area contributed by atoms with Crippen molar-refractivity contribution in [1.82, 2.24) is 0 Å². The third kappa shape index (κ3) is 3.76. The van der Waals surface area contributed by atoms with Crippen LogP contribution < -0.4 is 0 Å². The zero-order valence-electron chi connectivity index (χ0n) is 8.35. The van der Waals surface area contributed by atoms with Crippen molar-refractivity contribution in [3.8, 4) is 0 Å². The van der Waals surface area contributed by atoms with Crippen LogP contribution in [0.25, 0.3) is 0 Å². The fraction of sp³-hybridized carbons (Fsp3) is 1.00.